The SMILES string of the molecule is Clc1ccc(-c2cncc(-c3c[nH]c4ccccc34)c2)cc1. The third kappa shape index (κ3) is 2.28. The van der Waals surface area contributed by atoms with E-state index in [2.05, 4.69) is 34.2 Å². The van der Waals surface area contributed by atoms with E-state index < -0.39 is 0 Å². The fourth-order valence-corrected chi connectivity index (χ4v) is 2.82. The van der Waals surface area contributed by atoms with Crippen LogP contribution >= 0.6 is 11.6 Å². The van der Waals surface area contributed by atoms with E-state index in [1.165, 1.54) is 10.9 Å². The smallest absolute Gasteiger partial charge is 0.0460 e. The van der Waals surface area contributed by atoms with Gasteiger partial charge in [-0.2, -0.15) is 0 Å². The van der Waals surface area contributed by atoms with Gasteiger partial charge in [0.05, 0.1) is 0 Å². The predicted octanol–water partition coefficient (Wildman–Crippen LogP) is 5.55. The number of halogens is 1. The minimum Gasteiger partial charge on any atom is -0.361 e. The minimum atomic E-state index is 0.740. The molecule has 0 unspecified atom stereocenters. The molecule has 2 aromatic heterocycles. The zero-order valence-electron chi connectivity index (χ0n) is 11.8. The molecule has 2 heterocycles. The van der Waals surface area contributed by atoms with Crippen molar-refractivity contribution in [3.8, 4) is 22.3 Å². The van der Waals surface area contributed by atoms with Gasteiger partial charge in [0.2, 0.25) is 0 Å². The van der Waals surface area contributed by atoms with Gasteiger partial charge in [-0.05, 0) is 29.8 Å². The summed E-state index contributed by atoms with van der Waals surface area (Å²) in [6, 6.07) is 18.3. The van der Waals surface area contributed by atoms with Gasteiger partial charge in [0.15, 0.2) is 0 Å². The highest BCUT2D eigenvalue weighted by Crippen LogP contribution is 2.31. The van der Waals surface area contributed by atoms with E-state index in [0.29, 0.717) is 0 Å². The van der Waals surface area contributed by atoms with Crippen LogP contribution in [0.25, 0.3) is 33.2 Å². The van der Waals surface area contributed by atoms with E-state index >= 15 is 0 Å². The summed E-state index contributed by atoms with van der Waals surface area (Å²) in [6.07, 6.45) is 5.81. The number of hydrogen-bond acceptors (Lipinski definition) is 1. The Hall–Kier alpha value is -2.58. The van der Waals surface area contributed by atoms with Crippen LogP contribution in [0.1, 0.15) is 0 Å². The van der Waals surface area contributed by atoms with Crippen molar-refractivity contribution in [2.75, 3.05) is 0 Å². The lowest BCUT2D eigenvalue weighted by atomic mass is 10.0. The second kappa shape index (κ2) is 5.32. The molecule has 1 N–H and O–H groups in total. The molecule has 0 amide bonds. The molecule has 0 aliphatic rings. The van der Waals surface area contributed by atoms with Crippen LogP contribution in [-0.2, 0) is 0 Å². The first kappa shape index (κ1) is 13.1. The van der Waals surface area contributed by atoms with Crippen LogP contribution in [0.5, 0.6) is 0 Å². The molecular weight excluding hydrogens is 292 g/mol. The minimum absolute atomic E-state index is 0.740. The normalized spacial score (nSPS) is 11.0. The van der Waals surface area contributed by atoms with Gasteiger partial charge in [-0.1, -0.05) is 41.9 Å². The molecule has 106 valence electrons. The van der Waals surface area contributed by atoms with Crippen LogP contribution in [0, 0.1) is 0 Å². The molecule has 2 nitrogen and oxygen atoms in total. The molecule has 4 rings (SSSR count). The van der Waals surface area contributed by atoms with Crippen molar-refractivity contribution in [3.05, 3.63) is 78.2 Å². The summed E-state index contributed by atoms with van der Waals surface area (Å²) in [6.45, 7) is 0. The zero-order valence-corrected chi connectivity index (χ0v) is 12.5. The fraction of sp³-hybridized carbons (Fsp3) is 0. The van der Waals surface area contributed by atoms with E-state index in [9.17, 15) is 0 Å². The summed E-state index contributed by atoms with van der Waals surface area (Å²) in [5, 5.41) is 1.95. The van der Waals surface area contributed by atoms with Gasteiger partial charge in [-0.25, -0.2) is 0 Å². The van der Waals surface area contributed by atoms with Crippen molar-refractivity contribution in [2.45, 2.75) is 0 Å². The third-order valence-corrected chi connectivity index (χ3v) is 4.07. The number of pyridine rings is 1. The molecule has 0 saturated heterocycles. The molecule has 0 radical (unpaired) electrons. The maximum Gasteiger partial charge on any atom is 0.0460 e. The number of hydrogen-bond donors (Lipinski definition) is 1. The molecule has 0 spiro atoms. The van der Waals surface area contributed by atoms with Gasteiger partial charge < -0.3 is 4.98 Å². The van der Waals surface area contributed by atoms with Crippen molar-refractivity contribution in [2.24, 2.45) is 0 Å². The molecule has 22 heavy (non-hydrogen) atoms. The topological polar surface area (TPSA) is 28.7 Å². The summed E-state index contributed by atoms with van der Waals surface area (Å²) >= 11 is 5.96. The highest BCUT2D eigenvalue weighted by molar-refractivity contribution is 6.30. The van der Waals surface area contributed by atoms with Gasteiger partial charge in [0, 0.05) is 51.2 Å². The Morgan fingerprint density at radius 2 is 1.59 bits per heavy atom. The van der Waals surface area contributed by atoms with Gasteiger partial charge in [-0.3, -0.25) is 4.98 Å². The number of benzene rings is 2. The van der Waals surface area contributed by atoms with Crippen molar-refractivity contribution < 1.29 is 0 Å². The average molecular weight is 305 g/mol. The van der Waals surface area contributed by atoms with E-state index in [1.807, 2.05) is 48.9 Å². The van der Waals surface area contributed by atoms with E-state index in [-0.39, 0.29) is 0 Å². The number of nitrogens with one attached hydrogen (secondary N) is 1. The number of nitrogens with zero attached hydrogens (tertiary/aromatic N) is 1. The largest absolute Gasteiger partial charge is 0.361 e. The Morgan fingerprint density at radius 3 is 2.45 bits per heavy atom. The third-order valence-electron chi connectivity index (χ3n) is 3.82. The van der Waals surface area contributed by atoms with E-state index in [0.717, 1.165) is 27.2 Å². The van der Waals surface area contributed by atoms with Crippen LogP contribution in [0.3, 0.4) is 0 Å². The number of rotatable bonds is 2. The summed E-state index contributed by atoms with van der Waals surface area (Å²) in [5.74, 6) is 0. The summed E-state index contributed by atoms with van der Waals surface area (Å²) in [5.41, 5.74) is 5.59. The Morgan fingerprint density at radius 1 is 0.818 bits per heavy atom. The number of para-hydroxylation sites is 1. The fourth-order valence-electron chi connectivity index (χ4n) is 2.70. The lowest BCUT2D eigenvalue weighted by Gasteiger charge is -2.05. The lowest BCUT2D eigenvalue weighted by molar-refractivity contribution is 1.33. The van der Waals surface area contributed by atoms with Crippen LogP contribution in [0.2, 0.25) is 5.02 Å². The van der Waals surface area contributed by atoms with Crippen LogP contribution in [0.15, 0.2) is 73.2 Å². The standard InChI is InChI=1S/C19H13ClN2/c20-16-7-5-13(6-8-16)14-9-15(11-21-10-14)18-12-22-19-4-2-1-3-17(18)19/h1-12,22H. The van der Waals surface area contributed by atoms with Crippen molar-refractivity contribution in [1.29, 1.82) is 0 Å². The molecule has 0 aliphatic heterocycles. The molecule has 3 heteroatoms. The number of aromatic nitrogens is 2. The molecule has 0 bridgehead atoms. The average Bonchev–Trinajstić information content (AvgIpc) is 3.00. The van der Waals surface area contributed by atoms with Crippen molar-refractivity contribution in [1.82, 2.24) is 9.97 Å². The van der Waals surface area contributed by atoms with Gasteiger partial charge in [0.1, 0.15) is 0 Å². The molecule has 0 atom stereocenters. The molecule has 4 aromatic rings. The summed E-state index contributed by atoms with van der Waals surface area (Å²) < 4.78 is 0. The first-order valence-electron chi connectivity index (χ1n) is 7.09. The highest BCUT2D eigenvalue weighted by atomic mass is 35.5. The maximum absolute atomic E-state index is 5.96. The second-order valence-electron chi connectivity index (χ2n) is 5.22. The second-order valence-corrected chi connectivity index (χ2v) is 5.65. The lowest BCUT2D eigenvalue weighted by Crippen LogP contribution is -1.83. The van der Waals surface area contributed by atoms with Gasteiger partial charge >= 0.3 is 0 Å². The van der Waals surface area contributed by atoms with Gasteiger partial charge in [-0.15, -0.1) is 0 Å². The first-order chi connectivity index (χ1) is 10.8. The van der Waals surface area contributed by atoms with Gasteiger partial charge in [0.25, 0.3) is 0 Å². The van der Waals surface area contributed by atoms with E-state index in [1.54, 1.807) is 0 Å². The molecule has 0 fully saturated rings. The van der Waals surface area contributed by atoms with Crippen LogP contribution in [-0.4, -0.2) is 9.97 Å². The number of H-pyrrole nitrogens is 1. The molecule has 0 aliphatic carbocycles. The highest BCUT2D eigenvalue weighted by Gasteiger charge is 2.07. The molecule has 2 aromatic carbocycles. The summed E-state index contributed by atoms with van der Waals surface area (Å²) in [7, 11) is 0. The Kier molecular flexibility index (Phi) is 3.17. The Balaban J connectivity index is 1.83. The number of aromatic amines is 1. The zero-order chi connectivity index (χ0) is 14.9. The maximum atomic E-state index is 5.96. The van der Waals surface area contributed by atoms with Crippen LogP contribution in [0.4, 0.5) is 0 Å². The van der Waals surface area contributed by atoms with Crippen molar-refractivity contribution in [3.63, 3.8) is 0 Å². The Labute approximate surface area is 133 Å². The van der Waals surface area contributed by atoms with Crippen molar-refractivity contribution >= 4 is 22.5 Å². The summed E-state index contributed by atoms with van der Waals surface area (Å²) in [4.78, 5) is 7.71. The predicted molar refractivity (Wildman–Crippen MR) is 92.0 cm³/mol. The Bertz CT molecular complexity index is 939. The number of fused-ring (bicyclic) bond motifs is 1. The molecule has 0 saturated carbocycles. The van der Waals surface area contributed by atoms with Crippen LogP contribution < -0.4 is 0 Å². The quantitative estimate of drug-likeness (QED) is 0.516. The van der Waals surface area contributed by atoms with E-state index in [4.69, 9.17) is 11.6 Å². The molecular formula is C19H13ClN2. The first-order valence-corrected chi connectivity index (χ1v) is 7.46. The monoisotopic (exact) mass is 304 g/mol.